The molecule has 11 heteroatoms. The number of hydrogen-bond acceptors (Lipinski definition) is 9. The first-order chi connectivity index (χ1) is 18.5. The van der Waals surface area contributed by atoms with Gasteiger partial charge in [-0.1, -0.05) is 59.8 Å². The van der Waals surface area contributed by atoms with Crippen LogP contribution in [-0.4, -0.2) is 33.6 Å². The van der Waals surface area contributed by atoms with E-state index in [1.165, 1.54) is 39.3 Å². The van der Waals surface area contributed by atoms with Gasteiger partial charge in [0.25, 0.3) is 5.78 Å². The molecular formula is C27H22ClN3O4S3. The number of benzene rings is 2. The molecular weight excluding hydrogens is 562 g/mol. The summed E-state index contributed by atoms with van der Waals surface area (Å²) >= 11 is 10.1. The molecule has 0 spiro atoms. The SMILES string of the molecule is CCCOc1ccc(/C(O)=C2/C(=O)C(=O)N(c3nnc(SCc4ccc(Cl)cc4)s3)C2c2cccs2)cc1. The van der Waals surface area contributed by atoms with Crippen molar-refractivity contribution in [2.75, 3.05) is 11.5 Å². The Kier molecular flexibility index (Phi) is 8.13. The molecule has 38 heavy (non-hydrogen) atoms. The molecule has 1 saturated heterocycles. The minimum Gasteiger partial charge on any atom is -0.507 e. The molecule has 1 fully saturated rings. The van der Waals surface area contributed by atoms with Gasteiger partial charge >= 0.3 is 5.91 Å². The maximum Gasteiger partial charge on any atom is 0.301 e. The summed E-state index contributed by atoms with van der Waals surface area (Å²) in [5.74, 6) is -0.447. The number of aromatic nitrogens is 2. The van der Waals surface area contributed by atoms with E-state index in [-0.39, 0.29) is 11.3 Å². The highest BCUT2D eigenvalue weighted by Gasteiger charge is 2.48. The minimum absolute atomic E-state index is 0.0187. The third kappa shape index (κ3) is 5.49. The van der Waals surface area contributed by atoms with E-state index in [4.69, 9.17) is 16.3 Å². The lowest BCUT2D eigenvalue weighted by Crippen LogP contribution is -2.29. The third-order valence-electron chi connectivity index (χ3n) is 5.74. The molecule has 1 aliphatic rings. The van der Waals surface area contributed by atoms with Crippen LogP contribution < -0.4 is 9.64 Å². The average Bonchev–Trinajstić information content (AvgIpc) is 3.68. The summed E-state index contributed by atoms with van der Waals surface area (Å²) in [6, 6.07) is 17.2. The first-order valence-corrected chi connectivity index (χ1v) is 14.8. The number of ether oxygens (including phenoxy) is 1. The van der Waals surface area contributed by atoms with Crippen LogP contribution in [0.15, 0.2) is 76.0 Å². The number of anilines is 1. The van der Waals surface area contributed by atoms with Crippen molar-refractivity contribution >= 4 is 68.6 Å². The number of carbonyl (C=O) groups is 2. The van der Waals surface area contributed by atoms with Crippen molar-refractivity contribution in [2.24, 2.45) is 0 Å². The molecule has 4 aromatic rings. The Morgan fingerprint density at radius 2 is 1.87 bits per heavy atom. The molecule has 1 amide bonds. The number of ketones is 1. The molecule has 0 saturated carbocycles. The smallest absolute Gasteiger partial charge is 0.301 e. The van der Waals surface area contributed by atoms with Gasteiger partial charge in [0, 0.05) is 21.2 Å². The van der Waals surface area contributed by atoms with Crippen molar-refractivity contribution in [2.45, 2.75) is 29.5 Å². The van der Waals surface area contributed by atoms with Gasteiger partial charge in [0.2, 0.25) is 5.13 Å². The van der Waals surface area contributed by atoms with Crippen LogP contribution in [0.4, 0.5) is 5.13 Å². The molecule has 2 aromatic carbocycles. The second kappa shape index (κ2) is 11.7. The Morgan fingerprint density at radius 1 is 1.11 bits per heavy atom. The van der Waals surface area contributed by atoms with Gasteiger partial charge in [-0.25, -0.2) is 0 Å². The predicted molar refractivity (Wildman–Crippen MR) is 152 cm³/mol. The Labute approximate surface area is 236 Å². The van der Waals surface area contributed by atoms with Crippen LogP contribution in [0.5, 0.6) is 5.75 Å². The first-order valence-electron chi connectivity index (χ1n) is 11.7. The van der Waals surface area contributed by atoms with Crippen LogP contribution in [-0.2, 0) is 15.3 Å². The standard InChI is InChI=1S/C27H22ClN3O4S3/c1-2-13-35-19-11-7-17(8-12-19)23(32)21-22(20-4-3-14-36-20)31(25(34)24(21)33)26-29-30-27(38-26)37-15-16-5-9-18(28)10-6-16/h3-12,14,22,32H,2,13,15H2,1H3/b23-21-. The molecule has 3 heterocycles. The molecule has 2 aromatic heterocycles. The quantitative estimate of drug-likeness (QED) is 0.0748. The van der Waals surface area contributed by atoms with Crippen LogP contribution in [0.25, 0.3) is 5.76 Å². The number of hydrogen-bond donors (Lipinski definition) is 1. The molecule has 0 bridgehead atoms. The number of thiophene rings is 1. The van der Waals surface area contributed by atoms with E-state index >= 15 is 0 Å². The van der Waals surface area contributed by atoms with Gasteiger partial charge < -0.3 is 9.84 Å². The lowest BCUT2D eigenvalue weighted by molar-refractivity contribution is -0.132. The molecule has 1 atom stereocenters. The maximum absolute atomic E-state index is 13.3. The normalized spacial score (nSPS) is 16.8. The first kappa shape index (κ1) is 26.4. The molecule has 0 aliphatic carbocycles. The van der Waals surface area contributed by atoms with Gasteiger partial charge in [-0.3, -0.25) is 14.5 Å². The number of halogens is 1. The van der Waals surface area contributed by atoms with Crippen molar-refractivity contribution < 1.29 is 19.4 Å². The zero-order valence-electron chi connectivity index (χ0n) is 20.2. The molecule has 1 unspecified atom stereocenters. The summed E-state index contributed by atoms with van der Waals surface area (Å²) in [6.45, 7) is 2.60. The van der Waals surface area contributed by atoms with E-state index in [1.54, 1.807) is 24.3 Å². The van der Waals surface area contributed by atoms with Crippen LogP contribution in [0, 0.1) is 0 Å². The summed E-state index contributed by atoms with van der Waals surface area (Å²) < 4.78 is 6.27. The van der Waals surface area contributed by atoms with Crippen molar-refractivity contribution in [1.82, 2.24) is 10.2 Å². The van der Waals surface area contributed by atoms with Gasteiger partial charge in [-0.15, -0.1) is 21.5 Å². The highest BCUT2D eigenvalue weighted by Crippen LogP contribution is 2.45. The summed E-state index contributed by atoms with van der Waals surface area (Å²) in [4.78, 5) is 28.6. The molecule has 1 aliphatic heterocycles. The van der Waals surface area contributed by atoms with Crippen molar-refractivity contribution in [1.29, 1.82) is 0 Å². The van der Waals surface area contributed by atoms with Gasteiger partial charge in [0.1, 0.15) is 17.6 Å². The van der Waals surface area contributed by atoms with Crippen LogP contribution in [0.1, 0.15) is 35.4 Å². The number of thioether (sulfide) groups is 1. The highest BCUT2D eigenvalue weighted by molar-refractivity contribution is 8.00. The number of aliphatic hydroxyl groups excluding tert-OH is 1. The lowest BCUT2D eigenvalue weighted by Gasteiger charge is -2.20. The van der Waals surface area contributed by atoms with Gasteiger partial charge in [-0.2, -0.15) is 0 Å². The zero-order chi connectivity index (χ0) is 26.6. The highest BCUT2D eigenvalue weighted by atomic mass is 35.5. The molecule has 194 valence electrons. The summed E-state index contributed by atoms with van der Waals surface area (Å²) in [5, 5.41) is 22.6. The van der Waals surface area contributed by atoms with Crippen LogP contribution >= 0.6 is 46.0 Å². The van der Waals surface area contributed by atoms with Crippen LogP contribution in [0.3, 0.4) is 0 Å². The molecule has 0 radical (unpaired) electrons. The second-order valence-corrected chi connectivity index (χ2v) is 11.9. The fourth-order valence-electron chi connectivity index (χ4n) is 3.91. The Morgan fingerprint density at radius 3 is 2.55 bits per heavy atom. The van der Waals surface area contributed by atoms with Gasteiger partial charge in [0.05, 0.1) is 12.2 Å². The number of carbonyl (C=O) groups excluding carboxylic acids is 2. The fraction of sp³-hybridized carbons (Fsp3) is 0.185. The predicted octanol–water partition coefficient (Wildman–Crippen LogP) is 6.96. The lowest BCUT2D eigenvalue weighted by atomic mass is 10.00. The number of rotatable bonds is 9. The molecule has 1 N–H and O–H groups in total. The third-order valence-corrected chi connectivity index (χ3v) is 9.04. The number of aliphatic hydroxyl groups is 1. The van der Waals surface area contributed by atoms with E-state index in [1.807, 2.05) is 48.7 Å². The maximum atomic E-state index is 13.3. The van der Waals surface area contributed by atoms with Gasteiger partial charge in [0.15, 0.2) is 4.34 Å². The zero-order valence-corrected chi connectivity index (χ0v) is 23.4. The monoisotopic (exact) mass is 583 g/mol. The van der Waals surface area contributed by atoms with Crippen molar-refractivity contribution in [3.8, 4) is 5.75 Å². The van der Waals surface area contributed by atoms with Crippen molar-refractivity contribution in [3.05, 3.63) is 92.6 Å². The Bertz CT molecular complexity index is 1470. The van der Waals surface area contributed by atoms with E-state index in [2.05, 4.69) is 10.2 Å². The van der Waals surface area contributed by atoms with E-state index in [9.17, 15) is 14.7 Å². The second-order valence-electron chi connectivity index (χ2n) is 8.32. The largest absolute Gasteiger partial charge is 0.507 e. The van der Waals surface area contributed by atoms with E-state index in [0.717, 1.165) is 16.9 Å². The Hall–Kier alpha value is -3.18. The topological polar surface area (TPSA) is 92.6 Å². The summed E-state index contributed by atoms with van der Waals surface area (Å²) in [5.41, 5.74) is 1.51. The van der Waals surface area contributed by atoms with Gasteiger partial charge in [-0.05, 0) is 59.8 Å². The van der Waals surface area contributed by atoms with Crippen LogP contribution in [0.2, 0.25) is 5.02 Å². The number of Topliss-reactive ketones (excluding diaryl/α,β-unsaturated/α-hetero) is 1. The fourth-order valence-corrected chi connectivity index (χ4v) is 6.69. The average molecular weight is 584 g/mol. The molecule has 5 rings (SSSR count). The molecule has 7 nitrogen and oxygen atoms in total. The summed E-state index contributed by atoms with van der Waals surface area (Å²) in [7, 11) is 0. The number of amides is 1. The minimum atomic E-state index is -0.812. The Balaban J connectivity index is 1.46. The number of nitrogens with zero attached hydrogens (tertiary/aromatic N) is 3. The van der Waals surface area contributed by atoms with E-state index in [0.29, 0.717) is 38.2 Å². The van der Waals surface area contributed by atoms with E-state index < -0.39 is 17.7 Å². The summed E-state index contributed by atoms with van der Waals surface area (Å²) in [6.07, 6.45) is 0.874. The van der Waals surface area contributed by atoms with Crippen molar-refractivity contribution in [3.63, 3.8) is 0 Å².